The molecule has 0 spiro atoms. The second-order valence-electron chi connectivity index (χ2n) is 5.36. The molecule has 25 heavy (non-hydrogen) atoms. The number of aromatic amines is 1. The number of carbonyl (C=O) groups excluding carboxylic acids is 1. The van der Waals surface area contributed by atoms with Crippen molar-refractivity contribution in [1.29, 1.82) is 0 Å². The Hall–Kier alpha value is -2.86. The van der Waals surface area contributed by atoms with Crippen LogP contribution in [0.15, 0.2) is 47.3 Å². The monoisotopic (exact) mass is 358 g/mol. The molecule has 0 aliphatic carbocycles. The lowest BCUT2D eigenvalue weighted by atomic mass is 10.2. The standard InChI is InChI=1S/C18H15ClN2O4/c1-10(16-20-14-6-4-3-5-12(14)17(22)21-16)25-18(23)13-9-11(19)7-8-15(13)24-2/h3-10H,1-2H3,(H,20,21,22). The van der Waals surface area contributed by atoms with E-state index in [9.17, 15) is 9.59 Å². The molecule has 0 fully saturated rings. The molecule has 1 aromatic heterocycles. The average Bonchev–Trinajstić information content (AvgIpc) is 2.61. The highest BCUT2D eigenvalue weighted by Gasteiger charge is 2.20. The molecule has 0 amide bonds. The molecule has 6 nitrogen and oxygen atoms in total. The van der Waals surface area contributed by atoms with Crippen molar-refractivity contribution in [1.82, 2.24) is 9.97 Å². The lowest BCUT2D eigenvalue weighted by Gasteiger charge is -2.14. The van der Waals surface area contributed by atoms with E-state index < -0.39 is 12.1 Å². The summed E-state index contributed by atoms with van der Waals surface area (Å²) in [5.74, 6) is -0.0118. The Balaban J connectivity index is 1.90. The summed E-state index contributed by atoms with van der Waals surface area (Å²) in [6.45, 7) is 1.63. The molecule has 3 rings (SSSR count). The van der Waals surface area contributed by atoms with Crippen LogP contribution in [-0.4, -0.2) is 23.0 Å². The normalized spacial score (nSPS) is 12.0. The highest BCUT2D eigenvalue weighted by Crippen LogP contribution is 2.25. The zero-order valence-corrected chi connectivity index (χ0v) is 14.3. The quantitative estimate of drug-likeness (QED) is 0.722. The molecule has 1 N–H and O–H groups in total. The van der Waals surface area contributed by atoms with Crippen LogP contribution in [0, 0.1) is 0 Å². The number of esters is 1. The predicted molar refractivity (Wildman–Crippen MR) is 94.2 cm³/mol. The van der Waals surface area contributed by atoms with Crippen LogP contribution in [0.5, 0.6) is 5.75 Å². The number of halogens is 1. The van der Waals surface area contributed by atoms with E-state index in [0.717, 1.165) is 0 Å². The van der Waals surface area contributed by atoms with E-state index in [2.05, 4.69) is 9.97 Å². The molecule has 1 heterocycles. The lowest BCUT2D eigenvalue weighted by Crippen LogP contribution is -2.17. The van der Waals surface area contributed by atoms with Gasteiger partial charge in [0.25, 0.3) is 5.56 Å². The van der Waals surface area contributed by atoms with Crippen molar-refractivity contribution in [2.75, 3.05) is 7.11 Å². The van der Waals surface area contributed by atoms with Crippen LogP contribution in [-0.2, 0) is 4.74 Å². The molecule has 0 saturated carbocycles. The molecular formula is C18H15ClN2O4. The summed E-state index contributed by atoms with van der Waals surface area (Å²) in [6, 6.07) is 11.6. The van der Waals surface area contributed by atoms with Gasteiger partial charge in [0.15, 0.2) is 11.9 Å². The van der Waals surface area contributed by atoms with E-state index >= 15 is 0 Å². The minimum Gasteiger partial charge on any atom is -0.496 e. The van der Waals surface area contributed by atoms with Crippen molar-refractivity contribution in [2.24, 2.45) is 0 Å². The van der Waals surface area contributed by atoms with Crippen molar-refractivity contribution in [3.05, 3.63) is 69.2 Å². The summed E-state index contributed by atoms with van der Waals surface area (Å²) >= 11 is 5.93. The number of aromatic nitrogens is 2. The number of hydrogen-bond acceptors (Lipinski definition) is 5. The number of hydrogen-bond donors (Lipinski definition) is 1. The summed E-state index contributed by atoms with van der Waals surface area (Å²) < 4.78 is 10.6. The first-order valence-corrected chi connectivity index (χ1v) is 7.91. The van der Waals surface area contributed by atoms with Crippen LogP contribution in [0.2, 0.25) is 5.02 Å². The zero-order chi connectivity index (χ0) is 18.0. The van der Waals surface area contributed by atoms with Gasteiger partial charge in [-0.15, -0.1) is 0 Å². The average molecular weight is 359 g/mol. The number of nitrogens with zero attached hydrogens (tertiary/aromatic N) is 1. The Morgan fingerprint density at radius 1 is 1.24 bits per heavy atom. The summed E-state index contributed by atoms with van der Waals surface area (Å²) in [5, 5.41) is 0.860. The van der Waals surface area contributed by atoms with Crippen molar-refractivity contribution < 1.29 is 14.3 Å². The predicted octanol–water partition coefficient (Wildman–Crippen LogP) is 3.50. The second kappa shape index (κ2) is 6.94. The van der Waals surface area contributed by atoms with E-state index in [1.807, 2.05) is 0 Å². The summed E-state index contributed by atoms with van der Waals surface area (Å²) in [4.78, 5) is 31.6. The smallest absolute Gasteiger partial charge is 0.342 e. The molecule has 0 saturated heterocycles. The largest absolute Gasteiger partial charge is 0.496 e. The first kappa shape index (κ1) is 17.0. The molecule has 128 valence electrons. The molecule has 1 unspecified atom stereocenters. The Bertz CT molecular complexity index is 1000. The molecule has 1 atom stereocenters. The van der Waals surface area contributed by atoms with Crippen LogP contribution in [0.4, 0.5) is 0 Å². The molecule has 0 bridgehead atoms. The second-order valence-corrected chi connectivity index (χ2v) is 5.80. The molecule has 0 radical (unpaired) electrons. The molecule has 0 aliphatic heterocycles. The first-order chi connectivity index (χ1) is 12.0. The first-order valence-electron chi connectivity index (χ1n) is 7.53. The third-order valence-corrected chi connectivity index (χ3v) is 3.92. The number of H-pyrrole nitrogens is 1. The van der Waals surface area contributed by atoms with E-state index in [0.29, 0.717) is 21.7 Å². The zero-order valence-electron chi connectivity index (χ0n) is 13.6. The van der Waals surface area contributed by atoms with Gasteiger partial charge in [0.1, 0.15) is 11.3 Å². The highest BCUT2D eigenvalue weighted by atomic mass is 35.5. The Labute approximate surface area is 148 Å². The minimum absolute atomic E-state index is 0.199. The van der Waals surface area contributed by atoms with Crippen LogP contribution < -0.4 is 10.3 Å². The maximum absolute atomic E-state index is 12.4. The number of benzene rings is 2. The number of rotatable bonds is 4. The maximum atomic E-state index is 12.4. The van der Waals surface area contributed by atoms with Gasteiger partial charge in [-0.1, -0.05) is 23.7 Å². The fourth-order valence-electron chi connectivity index (χ4n) is 2.42. The van der Waals surface area contributed by atoms with Crippen molar-refractivity contribution in [2.45, 2.75) is 13.0 Å². The van der Waals surface area contributed by atoms with Gasteiger partial charge in [-0.05, 0) is 37.3 Å². The Kier molecular flexibility index (Phi) is 4.72. The van der Waals surface area contributed by atoms with E-state index in [1.165, 1.54) is 13.2 Å². The number of nitrogens with one attached hydrogen (secondary N) is 1. The topological polar surface area (TPSA) is 81.3 Å². The van der Waals surface area contributed by atoms with Gasteiger partial charge >= 0.3 is 5.97 Å². The molecule has 7 heteroatoms. The van der Waals surface area contributed by atoms with Crippen LogP contribution in [0.1, 0.15) is 29.2 Å². The lowest BCUT2D eigenvalue weighted by molar-refractivity contribution is 0.0316. The minimum atomic E-state index is -0.756. The molecule has 0 aliphatic rings. The fourth-order valence-corrected chi connectivity index (χ4v) is 2.59. The molecular weight excluding hydrogens is 344 g/mol. The highest BCUT2D eigenvalue weighted by molar-refractivity contribution is 6.31. The fraction of sp³-hybridized carbons (Fsp3) is 0.167. The third kappa shape index (κ3) is 3.49. The van der Waals surface area contributed by atoms with Crippen LogP contribution >= 0.6 is 11.6 Å². The number of ether oxygens (including phenoxy) is 2. The number of fused-ring (bicyclic) bond motifs is 1. The van der Waals surface area contributed by atoms with E-state index in [4.69, 9.17) is 21.1 Å². The molecule has 3 aromatic rings. The van der Waals surface area contributed by atoms with Gasteiger partial charge in [0.05, 0.1) is 18.0 Å². The van der Waals surface area contributed by atoms with E-state index in [1.54, 1.807) is 43.3 Å². The van der Waals surface area contributed by atoms with Crippen LogP contribution in [0.3, 0.4) is 0 Å². The molecule has 2 aromatic carbocycles. The Morgan fingerprint density at radius 3 is 2.76 bits per heavy atom. The summed E-state index contributed by atoms with van der Waals surface area (Å²) in [7, 11) is 1.45. The SMILES string of the molecule is COc1ccc(Cl)cc1C(=O)OC(C)c1nc2ccccc2c(=O)[nH]1. The van der Waals surface area contributed by atoms with E-state index in [-0.39, 0.29) is 16.9 Å². The van der Waals surface area contributed by atoms with Gasteiger partial charge in [-0.2, -0.15) is 0 Å². The van der Waals surface area contributed by atoms with Crippen molar-refractivity contribution >= 4 is 28.5 Å². The summed E-state index contributed by atoms with van der Waals surface area (Å²) in [5.41, 5.74) is 0.443. The van der Waals surface area contributed by atoms with Gasteiger partial charge in [0.2, 0.25) is 0 Å². The van der Waals surface area contributed by atoms with Gasteiger partial charge in [-0.3, -0.25) is 4.79 Å². The van der Waals surface area contributed by atoms with Crippen molar-refractivity contribution in [3.8, 4) is 5.75 Å². The summed E-state index contributed by atoms with van der Waals surface area (Å²) in [6.07, 6.45) is -0.756. The Morgan fingerprint density at radius 2 is 2.00 bits per heavy atom. The maximum Gasteiger partial charge on any atom is 0.342 e. The van der Waals surface area contributed by atoms with Gasteiger partial charge in [0, 0.05) is 5.02 Å². The number of para-hydroxylation sites is 1. The van der Waals surface area contributed by atoms with Gasteiger partial charge in [-0.25, -0.2) is 9.78 Å². The van der Waals surface area contributed by atoms with Crippen molar-refractivity contribution in [3.63, 3.8) is 0 Å². The number of methoxy groups -OCH3 is 1. The number of carbonyl (C=O) groups is 1. The van der Waals surface area contributed by atoms with Gasteiger partial charge < -0.3 is 14.5 Å². The van der Waals surface area contributed by atoms with Crippen LogP contribution in [0.25, 0.3) is 10.9 Å². The third-order valence-electron chi connectivity index (χ3n) is 3.68.